The van der Waals surface area contributed by atoms with Crippen LogP contribution in [0.1, 0.15) is 0 Å². The van der Waals surface area contributed by atoms with Crippen LogP contribution >= 0.6 is 12.6 Å². The molecule has 0 unspecified atom stereocenters. The Bertz CT molecular complexity index is 58.3. The molecule has 0 saturated carbocycles. The second-order valence-corrected chi connectivity index (χ2v) is 1.11. The summed E-state index contributed by atoms with van der Waals surface area (Å²) in [6.45, 7) is 0.416. The van der Waals surface area contributed by atoms with Crippen molar-refractivity contribution in [1.29, 1.82) is 5.26 Å². The summed E-state index contributed by atoms with van der Waals surface area (Å²) in [4.78, 5) is 0. The molecule has 0 atom stereocenters. The van der Waals surface area contributed by atoms with E-state index in [2.05, 4.69) is 17.4 Å². The van der Waals surface area contributed by atoms with Gasteiger partial charge in [-0.25, -0.2) is 0 Å². The zero-order valence-corrected chi connectivity index (χ0v) is 4.11. The highest BCUT2D eigenvalue weighted by atomic mass is 32.1. The van der Waals surface area contributed by atoms with Crippen molar-refractivity contribution in [2.24, 2.45) is 0 Å². The third kappa shape index (κ3) is 3.64. The SMILES string of the molecule is N#COCCS. The average molecular weight is 103 g/mol. The highest BCUT2D eigenvalue weighted by Gasteiger charge is 1.72. The van der Waals surface area contributed by atoms with Crippen LogP contribution in [-0.4, -0.2) is 12.4 Å². The molecule has 0 amide bonds. The minimum Gasteiger partial charge on any atom is -0.427 e. The van der Waals surface area contributed by atoms with Gasteiger partial charge in [-0.2, -0.15) is 17.9 Å². The molecule has 0 aromatic heterocycles. The Morgan fingerprint density at radius 1 is 1.83 bits per heavy atom. The maximum atomic E-state index is 7.69. The third-order valence-electron chi connectivity index (χ3n) is 0.258. The second kappa shape index (κ2) is 4.64. The molecule has 0 fully saturated rings. The fourth-order valence-corrected chi connectivity index (χ4v) is 0.183. The molecule has 3 heteroatoms. The van der Waals surface area contributed by atoms with Crippen molar-refractivity contribution >= 4 is 12.6 Å². The van der Waals surface area contributed by atoms with E-state index >= 15 is 0 Å². The van der Waals surface area contributed by atoms with E-state index in [-0.39, 0.29) is 0 Å². The summed E-state index contributed by atoms with van der Waals surface area (Å²) in [6, 6.07) is 0. The first-order valence-electron chi connectivity index (χ1n) is 1.53. The maximum absolute atomic E-state index is 7.69. The Labute approximate surface area is 42.1 Å². The van der Waals surface area contributed by atoms with Crippen molar-refractivity contribution in [1.82, 2.24) is 0 Å². The van der Waals surface area contributed by atoms with Crippen molar-refractivity contribution in [2.75, 3.05) is 12.4 Å². The largest absolute Gasteiger partial charge is 0.427 e. The van der Waals surface area contributed by atoms with Crippen molar-refractivity contribution in [2.45, 2.75) is 0 Å². The number of nitrogens with zero attached hydrogens (tertiary/aromatic N) is 1. The summed E-state index contributed by atoms with van der Waals surface area (Å²) in [5.74, 6) is 0.605. The normalized spacial score (nSPS) is 6.67. The van der Waals surface area contributed by atoms with Gasteiger partial charge in [0.1, 0.15) is 6.61 Å². The Balaban J connectivity index is 2.54. The first-order valence-corrected chi connectivity index (χ1v) is 2.17. The van der Waals surface area contributed by atoms with Gasteiger partial charge >= 0.3 is 0 Å². The van der Waals surface area contributed by atoms with E-state index in [0.29, 0.717) is 12.4 Å². The lowest BCUT2D eigenvalue weighted by Crippen LogP contribution is -1.85. The van der Waals surface area contributed by atoms with E-state index in [0.717, 1.165) is 0 Å². The first kappa shape index (κ1) is 5.64. The Kier molecular flexibility index (Phi) is 4.36. The average Bonchev–Trinajstić information content (AvgIpc) is 1.61. The van der Waals surface area contributed by atoms with Gasteiger partial charge < -0.3 is 4.74 Å². The molecule has 0 spiro atoms. The van der Waals surface area contributed by atoms with Crippen molar-refractivity contribution < 1.29 is 4.74 Å². The smallest absolute Gasteiger partial charge is 0.286 e. The molecule has 34 valence electrons. The summed E-state index contributed by atoms with van der Waals surface area (Å²) >= 11 is 3.78. The lowest BCUT2D eigenvalue weighted by atomic mass is 10.9. The Morgan fingerprint density at radius 3 is 2.67 bits per heavy atom. The molecule has 0 aromatic carbocycles. The van der Waals surface area contributed by atoms with Crippen LogP contribution in [-0.2, 0) is 4.74 Å². The molecule has 0 aliphatic rings. The summed E-state index contributed by atoms with van der Waals surface area (Å²) < 4.78 is 4.21. The number of hydrogen-bond donors (Lipinski definition) is 1. The van der Waals surface area contributed by atoms with E-state index in [1.165, 1.54) is 6.26 Å². The van der Waals surface area contributed by atoms with Crippen LogP contribution < -0.4 is 0 Å². The molecular weight excluding hydrogens is 98.1 g/mol. The zero-order valence-electron chi connectivity index (χ0n) is 3.22. The number of hydrogen-bond acceptors (Lipinski definition) is 3. The molecule has 0 N–H and O–H groups in total. The Morgan fingerprint density at radius 2 is 2.50 bits per heavy atom. The minimum atomic E-state index is 0.416. The van der Waals surface area contributed by atoms with E-state index in [9.17, 15) is 0 Å². The lowest BCUT2D eigenvalue weighted by molar-refractivity contribution is 0.295. The minimum absolute atomic E-state index is 0.416. The lowest BCUT2D eigenvalue weighted by Gasteiger charge is -1.83. The van der Waals surface area contributed by atoms with Gasteiger partial charge in [0.15, 0.2) is 0 Å². The summed E-state index contributed by atoms with van der Waals surface area (Å²) in [6.07, 6.45) is 1.52. The van der Waals surface area contributed by atoms with Crippen LogP contribution in [0.15, 0.2) is 0 Å². The van der Waals surface area contributed by atoms with E-state index in [1.807, 2.05) is 0 Å². The third-order valence-corrected chi connectivity index (χ3v) is 0.440. The topological polar surface area (TPSA) is 33.0 Å². The van der Waals surface area contributed by atoms with Crippen LogP contribution in [0.25, 0.3) is 0 Å². The molecular formula is C3H5NOS. The van der Waals surface area contributed by atoms with Crippen LogP contribution in [0.3, 0.4) is 0 Å². The molecule has 0 rings (SSSR count). The monoisotopic (exact) mass is 103 g/mol. The highest BCUT2D eigenvalue weighted by Crippen LogP contribution is 1.72. The van der Waals surface area contributed by atoms with Gasteiger partial charge in [-0.1, -0.05) is 0 Å². The van der Waals surface area contributed by atoms with Crippen LogP contribution in [0.5, 0.6) is 0 Å². The summed E-state index contributed by atoms with van der Waals surface area (Å²) in [5, 5.41) is 7.69. The predicted molar refractivity (Wildman–Crippen MR) is 25.4 cm³/mol. The summed E-state index contributed by atoms with van der Waals surface area (Å²) in [7, 11) is 0. The van der Waals surface area contributed by atoms with Gasteiger partial charge in [-0.3, -0.25) is 0 Å². The highest BCUT2D eigenvalue weighted by molar-refractivity contribution is 7.80. The fourth-order valence-electron chi connectivity index (χ4n) is 0.0913. The molecule has 0 bridgehead atoms. The quantitative estimate of drug-likeness (QED) is 0.312. The molecule has 6 heavy (non-hydrogen) atoms. The van der Waals surface area contributed by atoms with Gasteiger partial charge in [0, 0.05) is 5.75 Å². The number of rotatable bonds is 2. The van der Waals surface area contributed by atoms with Gasteiger partial charge in [-0.05, 0) is 0 Å². The van der Waals surface area contributed by atoms with Gasteiger partial charge in [0.25, 0.3) is 6.26 Å². The van der Waals surface area contributed by atoms with E-state index in [4.69, 9.17) is 5.26 Å². The van der Waals surface area contributed by atoms with Crippen molar-refractivity contribution in [3.63, 3.8) is 0 Å². The Hall–Kier alpha value is -0.360. The van der Waals surface area contributed by atoms with Crippen molar-refractivity contribution in [3.05, 3.63) is 0 Å². The molecule has 0 heterocycles. The van der Waals surface area contributed by atoms with Crippen LogP contribution in [0.4, 0.5) is 0 Å². The molecule has 0 aliphatic heterocycles. The maximum Gasteiger partial charge on any atom is 0.286 e. The molecule has 2 nitrogen and oxygen atoms in total. The molecule has 0 saturated heterocycles. The number of ether oxygens (including phenoxy) is 1. The van der Waals surface area contributed by atoms with Crippen molar-refractivity contribution in [3.8, 4) is 6.26 Å². The van der Waals surface area contributed by atoms with Gasteiger partial charge in [0.05, 0.1) is 0 Å². The van der Waals surface area contributed by atoms with Gasteiger partial charge in [0.2, 0.25) is 0 Å². The number of thiol groups is 1. The fraction of sp³-hybridized carbons (Fsp3) is 0.667. The van der Waals surface area contributed by atoms with Gasteiger partial charge in [-0.15, -0.1) is 0 Å². The van der Waals surface area contributed by atoms with E-state index < -0.39 is 0 Å². The van der Waals surface area contributed by atoms with Crippen LogP contribution in [0.2, 0.25) is 0 Å². The van der Waals surface area contributed by atoms with Crippen LogP contribution in [0, 0.1) is 11.5 Å². The molecule has 0 aliphatic carbocycles. The molecule has 0 radical (unpaired) electrons. The first-order chi connectivity index (χ1) is 2.91. The second-order valence-electron chi connectivity index (χ2n) is 0.663. The van der Waals surface area contributed by atoms with E-state index in [1.54, 1.807) is 0 Å². The molecule has 0 aromatic rings. The predicted octanol–water partition coefficient (Wildman–Crippen LogP) is 0.414. The number of nitriles is 1. The zero-order chi connectivity index (χ0) is 4.83. The summed E-state index contributed by atoms with van der Waals surface area (Å²) in [5.41, 5.74) is 0. The standard InChI is InChI=1S/C3H5NOS/c4-3-5-1-2-6/h6H,1-2H2.